The summed E-state index contributed by atoms with van der Waals surface area (Å²) >= 11 is 0. The SMILES string of the molecule is CCCCCCCCCCCCCCCCNS(=O)(=O)c1ccc(OC)c([N+]#N)c1.F[B-](F)(F)F. The predicted molar refractivity (Wildman–Crippen MR) is 133 cm³/mol. The van der Waals surface area contributed by atoms with E-state index in [2.05, 4.69) is 16.6 Å². The van der Waals surface area contributed by atoms with Crippen molar-refractivity contribution in [3.63, 3.8) is 0 Å². The lowest BCUT2D eigenvalue weighted by molar-refractivity contribution is 0.368. The summed E-state index contributed by atoms with van der Waals surface area (Å²) in [6.07, 6.45) is 17.8. The number of sulfonamides is 1. The number of nitrogens with zero attached hydrogens (tertiary/aromatic N) is 2. The highest BCUT2D eigenvalue weighted by atomic mass is 32.2. The first kappa shape index (κ1) is 33.1. The number of nitrogens with one attached hydrogen (secondary N) is 1. The van der Waals surface area contributed by atoms with Gasteiger partial charge in [-0.1, -0.05) is 90.4 Å². The summed E-state index contributed by atoms with van der Waals surface area (Å²) in [5.41, 5.74) is 0.0943. The van der Waals surface area contributed by atoms with Crippen molar-refractivity contribution >= 4 is 23.0 Å². The van der Waals surface area contributed by atoms with Crippen molar-refractivity contribution < 1.29 is 30.4 Å². The van der Waals surface area contributed by atoms with E-state index in [0.717, 1.165) is 19.3 Å². The van der Waals surface area contributed by atoms with Crippen LogP contribution in [0, 0.1) is 5.39 Å². The van der Waals surface area contributed by atoms with Crippen molar-refractivity contribution in [3.8, 4) is 5.75 Å². The summed E-state index contributed by atoms with van der Waals surface area (Å²) < 4.78 is 71.4. The molecule has 0 fully saturated rings. The van der Waals surface area contributed by atoms with E-state index in [9.17, 15) is 25.7 Å². The van der Waals surface area contributed by atoms with Gasteiger partial charge in [0, 0.05) is 6.54 Å². The second-order valence-corrected chi connectivity index (χ2v) is 10.2. The van der Waals surface area contributed by atoms with Gasteiger partial charge in [0.1, 0.15) is 0 Å². The molecule has 0 radical (unpaired) electrons. The number of rotatable bonds is 18. The summed E-state index contributed by atoms with van der Waals surface area (Å²) in [6, 6.07) is 4.23. The first-order chi connectivity index (χ1) is 16.5. The smallest absolute Gasteiger partial charge is 0.489 e. The topological polar surface area (TPSA) is 83.6 Å². The molecule has 0 atom stereocenters. The summed E-state index contributed by atoms with van der Waals surface area (Å²) in [7, 11) is -8.18. The lowest BCUT2D eigenvalue weighted by Crippen LogP contribution is -2.24. The van der Waals surface area contributed by atoms with Gasteiger partial charge in [-0.3, -0.25) is 0 Å². The number of methoxy groups -OCH3 is 1. The minimum absolute atomic E-state index is 0.0708. The number of benzene rings is 1. The van der Waals surface area contributed by atoms with Crippen LogP contribution in [0.2, 0.25) is 0 Å². The molecule has 12 heteroatoms. The zero-order valence-electron chi connectivity index (χ0n) is 21.0. The number of hydrogen-bond donors (Lipinski definition) is 1. The van der Waals surface area contributed by atoms with Gasteiger partial charge >= 0.3 is 12.9 Å². The maximum atomic E-state index is 12.4. The molecule has 0 aliphatic heterocycles. The average Bonchev–Trinajstić information content (AvgIpc) is 2.80. The third kappa shape index (κ3) is 19.1. The van der Waals surface area contributed by atoms with E-state index in [4.69, 9.17) is 10.1 Å². The van der Waals surface area contributed by atoms with E-state index in [1.165, 1.54) is 95.9 Å². The lowest BCUT2D eigenvalue weighted by Gasteiger charge is -2.07. The van der Waals surface area contributed by atoms with Crippen LogP contribution in [-0.2, 0) is 10.0 Å². The van der Waals surface area contributed by atoms with E-state index < -0.39 is 17.3 Å². The number of ether oxygens (including phenoxy) is 1. The Labute approximate surface area is 208 Å². The molecule has 6 nitrogen and oxygen atoms in total. The molecule has 0 bridgehead atoms. The van der Waals surface area contributed by atoms with Crippen molar-refractivity contribution in [3.05, 3.63) is 23.2 Å². The van der Waals surface area contributed by atoms with Crippen molar-refractivity contribution in [2.75, 3.05) is 13.7 Å². The van der Waals surface area contributed by atoms with Crippen molar-refractivity contribution in [2.24, 2.45) is 0 Å². The Morgan fingerprint density at radius 2 is 1.29 bits per heavy atom. The lowest BCUT2D eigenvalue weighted by atomic mass is 10.0. The van der Waals surface area contributed by atoms with Gasteiger partial charge in [0.15, 0.2) is 4.98 Å². The molecule has 0 saturated heterocycles. The van der Waals surface area contributed by atoms with Crippen LogP contribution in [0.1, 0.15) is 96.8 Å². The van der Waals surface area contributed by atoms with Crippen LogP contribution in [0.4, 0.5) is 23.0 Å². The standard InChI is InChI=1S/C23H40N3O3S.BF4/c1-3-4-5-6-7-8-9-10-11-12-13-14-15-16-19-25-30(27,28)21-17-18-23(29-2)22(20-21)26-24;2-1(3,4)5/h17-18,20,25H,3-16,19H2,1-2H3;/q+1;-1. The minimum atomic E-state index is -6.00. The van der Waals surface area contributed by atoms with Gasteiger partial charge in [-0.25, -0.2) is 13.1 Å². The highest BCUT2D eigenvalue weighted by Crippen LogP contribution is 2.29. The van der Waals surface area contributed by atoms with Gasteiger partial charge in [0.05, 0.1) is 18.1 Å². The van der Waals surface area contributed by atoms with Gasteiger partial charge in [0.2, 0.25) is 21.2 Å². The Balaban J connectivity index is 0.00000209. The minimum Gasteiger partial charge on any atom is -0.489 e. The molecule has 1 rings (SSSR count). The Morgan fingerprint density at radius 1 is 0.857 bits per heavy atom. The molecule has 1 aromatic rings. The van der Waals surface area contributed by atoms with Gasteiger partial charge in [-0.05, 0) is 18.6 Å². The summed E-state index contributed by atoms with van der Waals surface area (Å²) in [5.74, 6) is 0.323. The van der Waals surface area contributed by atoms with Crippen molar-refractivity contribution in [2.45, 2.75) is 102 Å². The molecule has 1 aromatic carbocycles. The van der Waals surface area contributed by atoms with Crippen LogP contribution in [0.3, 0.4) is 0 Å². The molecule has 0 unspecified atom stereocenters. The van der Waals surface area contributed by atoms with Crippen LogP contribution >= 0.6 is 0 Å². The quantitative estimate of drug-likeness (QED) is 0.0906. The Bertz CT molecular complexity index is 828. The molecule has 1 N–H and O–H groups in total. The Hall–Kier alpha value is -1.87. The molecule has 0 amide bonds. The third-order valence-corrected chi connectivity index (χ3v) is 6.85. The van der Waals surface area contributed by atoms with E-state index in [1.807, 2.05) is 0 Å². The van der Waals surface area contributed by atoms with Crippen molar-refractivity contribution in [1.82, 2.24) is 4.72 Å². The number of hydrogen-bond acceptors (Lipinski definition) is 4. The van der Waals surface area contributed by atoms with Crippen LogP contribution in [-0.4, -0.2) is 29.3 Å². The molecule has 35 heavy (non-hydrogen) atoms. The molecule has 0 heterocycles. The zero-order chi connectivity index (χ0) is 26.6. The van der Waals surface area contributed by atoms with Gasteiger partial charge < -0.3 is 22.0 Å². The van der Waals surface area contributed by atoms with Crippen LogP contribution in [0.5, 0.6) is 5.75 Å². The molecule has 0 saturated carbocycles. The van der Waals surface area contributed by atoms with Crippen molar-refractivity contribution in [1.29, 1.82) is 5.39 Å². The average molecular weight is 525 g/mol. The van der Waals surface area contributed by atoms with E-state index in [-0.39, 0.29) is 10.6 Å². The highest BCUT2D eigenvalue weighted by molar-refractivity contribution is 7.89. The molecular formula is C23H40BF4N3O3S. The largest absolute Gasteiger partial charge is 0.673 e. The van der Waals surface area contributed by atoms with Crippen LogP contribution < -0.4 is 9.46 Å². The summed E-state index contributed by atoms with van der Waals surface area (Å²) in [6.45, 7) is 2.67. The summed E-state index contributed by atoms with van der Waals surface area (Å²) in [5, 5.41) is 8.99. The first-order valence-corrected chi connectivity index (χ1v) is 13.9. The predicted octanol–water partition coefficient (Wildman–Crippen LogP) is 8.24. The van der Waals surface area contributed by atoms with Crippen LogP contribution in [0.25, 0.3) is 4.98 Å². The Morgan fingerprint density at radius 3 is 1.69 bits per heavy atom. The van der Waals surface area contributed by atoms with E-state index in [1.54, 1.807) is 0 Å². The number of diazo groups is 1. The maximum absolute atomic E-state index is 12.4. The van der Waals surface area contributed by atoms with Crippen LogP contribution in [0.15, 0.2) is 23.1 Å². The number of unbranched alkanes of at least 4 members (excludes halogenated alkanes) is 13. The third-order valence-electron chi connectivity index (χ3n) is 5.39. The molecule has 0 aromatic heterocycles. The van der Waals surface area contributed by atoms with Gasteiger partial charge in [-0.15, -0.1) is 0 Å². The highest BCUT2D eigenvalue weighted by Gasteiger charge is 2.22. The molecule has 0 aliphatic carbocycles. The second kappa shape index (κ2) is 19.3. The number of halogens is 4. The van der Waals surface area contributed by atoms with E-state index >= 15 is 0 Å². The summed E-state index contributed by atoms with van der Waals surface area (Å²) in [4.78, 5) is 3.15. The fraction of sp³-hybridized carbons (Fsp3) is 0.739. The molecule has 202 valence electrons. The van der Waals surface area contributed by atoms with E-state index in [0.29, 0.717) is 12.3 Å². The molecule has 0 aliphatic rings. The fourth-order valence-corrected chi connectivity index (χ4v) is 4.62. The first-order valence-electron chi connectivity index (χ1n) is 12.4. The fourth-order valence-electron chi connectivity index (χ4n) is 3.52. The van der Waals surface area contributed by atoms with Gasteiger partial charge in [-0.2, -0.15) is 0 Å². The zero-order valence-corrected chi connectivity index (χ0v) is 21.8. The molecular weight excluding hydrogens is 485 g/mol. The molecule has 0 spiro atoms. The second-order valence-electron chi connectivity index (χ2n) is 8.42. The monoisotopic (exact) mass is 525 g/mol. The Kier molecular flexibility index (Phi) is 18.3. The maximum Gasteiger partial charge on any atom is 0.673 e. The van der Waals surface area contributed by atoms with Gasteiger partial charge in [0.25, 0.3) is 0 Å². The normalized spacial score (nSPS) is 11.5.